The van der Waals surface area contributed by atoms with E-state index in [0.717, 1.165) is 28.0 Å². The van der Waals surface area contributed by atoms with Crippen molar-refractivity contribution in [3.05, 3.63) is 68.4 Å². The quantitative estimate of drug-likeness (QED) is 0.148. The van der Waals surface area contributed by atoms with Gasteiger partial charge in [0.1, 0.15) is 11.9 Å². The molecule has 2 aliphatic heterocycles. The SMILES string of the molecule is CC(C)c1c2c(c3c([n+]1[O-])CC(C)(C)CC3O[Si](C)(C)C(C)(C)C)C1(CCOCC1)O[C@@H]2c1ccc(C(F)(F)F)cc1F. The van der Waals surface area contributed by atoms with Crippen molar-refractivity contribution >= 4 is 8.32 Å². The van der Waals surface area contributed by atoms with Crippen LogP contribution in [-0.4, -0.2) is 21.5 Å². The lowest BCUT2D eigenvalue weighted by Crippen LogP contribution is -2.49. The third kappa shape index (κ3) is 5.55. The van der Waals surface area contributed by atoms with Gasteiger partial charge in [0.15, 0.2) is 14.0 Å². The van der Waals surface area contributed by atoms with E-state index in [1.54, 1.807) is 0 Å². The molecule has 0 amide bonds. The zero-order valence-corrected chi connectivity index (χ0v) is 27.8. The standard InChI is InChI=1S/C33H45F4NO4Si/c1-19(2)28-26-27(25-23(38(28)39)17-31(6,7)18-24(25)42-43(8,9)30(3,4)5)32(12-14-40-15-13-32)41-29(26)21-11-10-20(16-22(21)34)33(35,36)37/h10-11,16,19,24,29H,12-15,17-18H2,1-9H3/t24?,29-/m1/s1. The van der Waals surface area contributed by atoms with Crippen molar-refractivity contribution in [2.24, 2.45) is 5.41 Å². The number of alkyl halides is 3. The average molecular weight is 624 g/mol. The van der Waals surface area contributed by atoms with E-state index in [-0.39, 0.29) is 28.0 Å². The molecule has 0 saturated carbocycles. The summed E-state index contributed by atoms with van der Waals surface area (Å²) in [7, 11) is -2.33. The largest absolute Gasteiger partial charge is 0.618 e. The predicted octanol–water partition coefficient (Wildman–Crippen LogP) is 8.76. The van der Waals surface area contributed by atoms with Crippen LogP contribution in [-0.2, 0) is 32.1 Å². The number of pyridine rings is 1. The first-order chi connectivity index (χ1) is 19.7. The number of rotatable bonds is 4. The number of fused-ring (bicyclic) bond motifs is 4. The fourth-order valence-corrected chi connectivity index (χ4v) is 8.17. The van der Waals surface area contributed by atoms with E-state index in [1.807, 2.05) is 13.8 Å². The lowest BCUT2D eigenvalue weighted by molar-refractivity contribution is -0.626. The average Bonchev–Trinajstić information content (AvgIpc) is 3.15. The highest BCUT2D eigenvalue weighted by Gasteiger charge is 2.56. The molecule has 3 heterocycles. The maximum atomic E-state index is 15.7. The second-order valence-corrected chi connectivity index (χ2v) is 20.0. The van der Waals surface area contributed by atoms with Gasteiger partial charge in [0.25, 0.3) is 0 Å². The van der Waals surface area contributed by atoms with E-state index in [1.165, 1.54) is 0 Å². The van der Waals surface area contributed by atoms with Gasteiger partial charge in [-0.05, 0) is 42.1 Å². The summed E-state index contributed by atoms with van der Waals surface area (Å²) in [6.07, 6.45) is -3.88. The number of aromatic nitrogens is 1. The highest BCUT2D eigenvalue weighted by Crippen LogP contribution is 2.59. The van der Waals surface area contributed by atoms with Crippen LogP contribution in [0.1, 0.15) is 125 Å². The Kier molecular flexibility index (Phi) is 7.93. The monoisotopic (exact) mass is 623 g/mol. The lowest BCUT2D eigenvalue weighted by atomic mass is 9.69. The van der Waals surface area contributed by atoms with Gasteiger partial charge in [-0.25, -0.2) is 4.39 Å². The first kappa shape index (κ1) is 32.4. The molecular formula is C33H45F4NO4Si. The summed E-state index contributed by atoms with van der Waals surface area (Å²) in [6.45, 7) is 19.9. The molecule has 2 aromatic rings. The molecule has 2 atom stereocenters. The summed E-state index contributed by atoms with van der Waals surface area (Å²) in [5.41, 5.74) is 1.24. The Hall–Kier alpha value is -2.01. The van der Waals surface area contributed by atoms with Crippen LogP contribution in [0.15, 0.2) is 18.2 Å². The molecule has 238 valence electrons. The fourth-order valence-electron chi connectivity index (χ4n) is 6.91. The van der Waals surface area contributed by atoms with E-state index in [4.69, 9.17) is 13.9 Å². The Labute approximate surface area is 253 Å². The Bertz CT molecular complexity index is 1410. The molecule has 5 nitrogen and oxygen atoms in total. The van der Waals surface area contributed by atoms with Crippen LogP contribution >= 0.6 is 0 Å². The van der Waals surface area contributed by atoms with E-state index in [0.29, 0.717) is 61.9 Å². The molecule has 0 radical (unpaired) electrons. The van der Waals surface area contributed by atoms with Gasteiger partial charge < -0.3 is 19.1 Å². The smallest absolute Gasteiger partial charge is 0.416 e. The van der Waals surface area contributed by atoms with Crippen LogP contribution in [0.5, 0.6) is 0 Å². The Balaban J connectivity index is 1.83. The normalized spacial score (nSPS) is 23.5. The van der Waals surface area contributed by atoms with Gasteiger partial charge in [-0.3, -0.25) is 0 Å². The number of ether oxygens (including phenoxy) is 2. The molecule has 0 bridgehead atoms. The number of halogens is 4. The maximum Gasteiger partial charge on any atom is 0.416 e. The lowest BCUT2D eigenvalue weighted by Gasteiger charge is -2.45. The van der Waals surface area contributed by atoms with Gasteiger partial charge >= 0.3 is 6.18 Å². The molecule has 1 aromatic carbocycles. The minimum absolute atomic E-state index is 0.00234. The van der Waals surface area contributed by atoms with Crippen molar-refractivity contribution in [2.45, 2.75) is 122 Å². The molecule has 1 unspecified atom stereocenters. The number of nitrogens with zero attached hydrogens (tertiary/aromatic N) is 1. The molecule has 1 aromatic heterocycles. The maximum absolute atomic E-state index is 15.7. The zero-order chi connectivity index (χ0) is 31.9. The minimum Gasteiger partial charge on any atom is -0.618 e. The van der Waals surface area contributed by atoms with E-state index < -0.39 is 37.6 Å². The Morgan fingerprint density at radius 2 is 1.70 bits per heavy atom. The third-order valence-electron chi connectivity index (χ3n) is 10.1. The topological polar surface area (TPSA) is 54.6 Å². The third-order valence-corrected chi connectivity index (χ3v) is 14.5. The van der Waals surface area contributed by atoms with Crippen LogP contribution in [0.4, 0.5) is 17.6 Å². The van der Waals surface area contributed by atoms with Gasteiger partial charge in [0.2, 0.25) is 5.69 Å². The second kappa shape index (κ2) is 10.5. The van der Waals surface area contributed by atoms with Crippen molar-refractivity contribution in [3.8, 4) is 0 Å². The van der Waals surface area contributed by atoms with Gasteiger partial charge in [-0.1, -0.05) is 54.5 Å². The van der Waals surface area contributed by atoms with Crippen molar-refractivity contribution in [3.63, 3.8) is 0 Å². The van der Waals surface area contributed by atoms with E-state index >= 15 is 4.39 Å². The van der Waals surface area contributed by atoms with Crippen LogP contribution in [0.3, 0.4) is 0 Å². The first-order valence-electron chi connectivity index (χ1n) is 15.3. The van der Waals surface area contributed by atoms with Crippen molar-refractivity contribution in [2.75, 3.05) is 13.2 Å². The molecular weight excluding hydrogens is 578 g/mol. The molecule has 43 heavy (non-hydrogen) atoms. The highest BCUT2D eigenvalue weighted by molar-refractivity contribution is 6.74. The number of hydrogen-bond donors (Lipinski definition) is 0. The van der Waals surface area contributed by atoms with Crippen LogP contribution < -0.4 is 4.73 Å². The molecule has 1 fully saturated rings. The van der Waals surface area contributed by atoms with Gasteiger partial charge in [0, 0.05) is 49.5 Å². The van der Waals surface area contributed by atoms with Crippen LogP contribution in [0.25, 0.3) is 0 Å². The Morgan fingerprint density at radius 1 is 1.07 bits per heavy atom. The number of hydrogen-bond acceptors (Lipinski definition) is 4. The van der Waals surface area contributed by atoms with E-state index in [9.17, 15) is 18.4 Å². The molecule has 5 rings (SSSR count). The second-order valence-electron chi connectivity index (χ2n) is 15.2. The summed E-state index contributed by atoms with van der Waals surface area (Å²) in [5, 5.41) is 14.4. The molecule has 1 aliphatic carbocycles. The first-order valence-corrected chi connectivity index (χ1v) is 18.2. The van der Waals surface area contributed by atoms with Crippen molar-refractivity contribution < 1.29 is 36.2 Å². The number of benzene rings is 1. The highest BCUT2D eigenvalue weighted by atomic mass is 28.4. The fraction of sp³-hybridized carbons (Fsp3) is 0.667. The van der Waals surface area contributed by atoms with Crippen LogP contribution in [0, 0.1) is 16.4 Å². The molecule has 0 N–H and O–H groups in total. The van der Waals surface area contributed by atoms with Crippen molar-refractivity contribution in [1.82, 2.24) is 0 Å². The molecule has 1 spiro atoms. The predicted molar refractivity (Wildman–Crippen MR) is 159 cm³/mol. The molecule has 1 saturated heterocycles. The zero-order valence-electron chi connectivity index (χ0n) is 26.8. The summed E-state index contributed by atoms with van der Waals surface area (Å²) >= 11 is 0. The summed E-state index contributed by atoms with van der Waals surface area (Å²) in [4.78, 5) is 0. The molecule has 3 aliphatic rings. The molecule has 10 heteroatoms. The van der Waals surface area contributed by atoms with E-state index in [2.05, 4.69) is 47.7 Å². The Morgan fingerprint density at radius 3 is 2.23 bits per heavy atom. The summed E-state index contributed by atoms with van der Waals surface area (Å²) in [5.74, 6) is -1.25. The van der Waals surface area contributed by atoms with Gasteiger partial charge in [0.05, 0.1) is 28.4 Å². The minimum atomic E-state index is -4.68. The summed E-state index contributed by atoms with van der Waals surface area (Å²) < 4.78 is 76.9. The van der Waals surface area contributed by atoms with Gasteiger partial charge in [-0.2, -0.15) is 17.9 Å². The van der Waals surface area contributed by atoms with Crippen LogP contribution in [0.2, 0.25) is 18.1 Å². The van der Waals surface area contributed by atoms with Gasteiger partial charge in [-0.15, -0.1) is 0 Å². The summed E-state index contributed by atoms with van der Waals surface area (Å²) in [6, 6.07) is 2.58. The van der Waals surface area contributed by atoms with Crippen molar-refractivity contribution in [1.29, 1.82) is 0 Å².